The van der Waals surface area contributed by atoms with Gasteiger partial charge in [0.15, 0.2) is 15.2 Å². The molecule has 32 heavy (non-hydrogen) atoms. The number of β-lactam (4-membered cyclic amide) rings is 1. The number of ether oxygens (including phenoxy) is 3. The number of rotatable bonds is 7. The molecule has 0 unspecified atom stereocenters. The van der Waals surface area contributed by atoms with E-state index in [9.17, 15) is 27.6 Å². The van der Waals surface area contributed by atoms with Crippen molar-refractivity contribution < 1.29 is 41.8 Å². The van der Waals surface area contributed by atoms with Gasteiger partial charge >= 0.3 is 18.0 Å². The van der Waals surface area contributed by atoms with Crippen LogP contribution in [0.15, 0.2) is 30.3 Å². The standard InChI is InChI=1S/C20H24N2O9S/c1-12(23)29-9-10-30-18(25)15-20(2,3)32(27,28)17-14(16(24)22(15)17)21-19(26)31-11-13-7-5-4-6-8-13/h4-8,14-15,17H,9-11H2,1-3H3,(H,21,26)/t14-,15+,17-/m1/s1. The Morgan fingerprint density at radius 1 is 1.06 bits per heavy atom. The molecule has 3 atom stereocenters. The van der Waals surface area contributed by atoms with Crippen molar-refractivity contribution >= 4 is 33.8 Å². The third-order valence-electron chi connectivity index (χ3n) is 5.41. The highest BCUT2D eigenvalue weighted by Gasteiger charge is 2.72. The molecule has 2 fully saturated rings. The summed E-state index contributed by atoms with van der Waals surface area (Å²) in [6, 6.07) is 6.04. The number of nitrogens with one attached hydrogen (secondary N) is 1. The number of amides is 2. The first-order valence-corrected chi connectivity index (χ1v) is 11.4. The molecule has 11 nitrogen and oxygen atoms in total. The van der Waals surface area contributed by atoms with Crippen molar-refractivity contribution in [2.45, 2.75) is 49.6 Å². The first-order chi connectivity index (χ1) is 15.0. The van der Waals surface area contributed by atoms with E-state index < -0.39 is 56.0 Å². The molecule has 1 aromatic rings. The van der Waals surface area contributed by atoms with Crippen LogP contribution in [0, 0.1) is 0 Å². The van der Waals surface area contributed by atoms with Crippen molar-refractivity contribution in [3.8, 4) is 0 Å². The van der Waals surface area contributed by atoms with Crippen molar-refractivity contribution in [3.05, 3.63) is 35.9 Å². The number of hydrogen-bond donors (Lipinski definition) is 1. The van der Waals surface area contributed by atoms with E-state index in [4.69, 9.17) is 9.47 Å². The maximum atomic E-state index is 13.1. The van der Waals surface area contributed by atoms with Gasteiger partial charge in [-0.1, -0.05) is 30.3 Å². The van der Waals surface area contributed by atoms with Crippen LogP contribution in [0.5, 0.6) is 0 Å². The van der Waals surface area contributed by atoms with Crippen molar-refractivity contribution in [2.75, 3.05) is 13.2 Å². The lowest BCUT2D eigenvalue weighted by molar-refractivity contribution is -0.165. The number of fused-ring (bicyclic) bond motifs is 1. The number of carbonyl (C=O) groups excluding carboxylic acids is 4. The Bertz CT molecular complexity index is 1020. The molecule has 0 bridgehead atoms. The molecular formula is C20H24N2O9S. The van der Waals surface area contributed by atoms with Gasteiger partial charge in [-0.3, -0.25) is 9.59 Å². The zero-order valence-electron chi connectivity index (χ0n) is 17.8. The molecule has 0 aliphatic carbocycles. The first-order valence-electron chi connectivity index (χ1n) is 9.81. The summed E-state index contributed by atoms with van der Waals surface area (Å²) in [6.45, 7) is 3.28. The average Bonchev–Trinajstić information content (AvgIpc) is 2.88. The number of esters is 2. The quantitative estimate of drug-likeness (QED) is 0.255. The molecule has 12 heteroatoms. The van der Waals surface area contributed by atoms with Crippen LogP contribution in [-0.2, 0) is 45.0 Å². The Balaban J connectivity index is 1.66. The van der Waals surface area contributed by atoms with Gasteiger partial charge in [0.05, 0.1) is 0 Å². The molecule has 0 aromatic heterocycles. The Hall–Kier alpha value is -3.15. The van der Waals surface area contributed by atoms with E-state index in [1.165, 1.54) is 20.8 Å². The largest absolute Gasteiger partial charge is 0.462 e. The van der Waals surface area contributed by atoms with Crippen LogP contribution in [-0.4, -0.2) is 72.7 Å². The molecule has 0 saturated carbocycles. The number of hydrogen-bond acceptors (Lipinski definition) is 9. The molecule has 3 rings (SSSR count). The highest BCUT2D eigenvalue weighted by atomic mass is 32.2. The van der Waals surface area contributed by atoms with Gasteiger partial charge in [0.1, 0.15) is 36.7 Å². The molecule has 2 aliphatic rings. The topological polar surface area (TPSA) is 145 Å². The second-order valence-corrected chi connectivity index (χ2v) is 10.5. The zero-order valence-corrected chi connectivity index (χ0v) is 18.6. The molecule has 0 spiro atoms. The second-order valence-electron chi connectivity index (χ2n) is 7.88. The molecule has 2 saturated heterocycles. The summed E-state index contributed by atoms with van der Waals surface area (Å²) in [5, 5.41) is 0.868. The normalized spacial score (nSPS) is 24.7. The summed E-state index contributed by atoms with van der Waals surface area (Å²) in [5.74, 6) is -2.23. The number of nitrogens with zero attached hydrogens (tertiary/aromatic N) is 1. The van der Waals surface area contributed by atoms with E-state index in [1.807, 2.05) is 0 Å². The zero-order chi connectivity index (χ0) is 23.7. The van der Waals surface area contributed by atoms with Gasteiger partial charge in [0.25, 0.3) is 0 Å². The Kier molecular flexibility index (Phi) is 6.44. The second kappa shape index (κ2) is 8.77. The minimum atomic E-state index is -4.05. The van der Waals surface area contributed by atoms with Crippen LogP contribution >= 0.6 is 0 Å². The summed E-state index contributed by atoms with van der Waals surface area (Å²) < 4.78 is 39.2. The lowest BCUT2D eigenvalue weighted by Gasteiger charge is -2.42. The number of benzene rings is 1. The predicted octanol–water partition coefficient (Wildman–Crippen LogP) is 0.132. The van der Waals surface area contributed by atoms with Crippen molar-refractivity contribution in [1.29, 1.82) is 0 Å². The number of sulfone groups is 1. The van der Waals surface area contributed by atoms with E-state index >= 15 is 0 Å². The molecule has 1 N–H and O–H groups in total. The summed E-state index contributed by atoms with van der Waals surface area (Å²) in [6.07, 6.45) is -0.952. The number of carbonyl (C=O) groups is 4. The van der Waals surface area contributed by atoms with Crippen LogP contribution < -0.4 is 5.32 Å². The van der Waals surface area contributed by atoms with Crippen molar-refractivity contribution in [2.24, 2.45) is 0 Å². The fraction of sp³-hybridized carbons (Fsp3) is 0.500. The summed E-state index contributed by atoms with van der Waals surface area (Å²) >= 11 is 0. The highest BCUT2D eigenvalue weighted by molar-refractivity contribution is 7.94. The van der Waals surface area contributed by atoms with Gasteiger partial charge in [-0.05, 0) is 19.4 Å². The summed E-state index contributed by atoms with van der Waals surface area (Å²) in [5.41, 5.74) is 0.718. The van der Waals surface area contributed by atoms with E-state index in [0.717, 1.165) is 10.5 Å². The minimum absolute atomic E-state index is 0.0580. The fourth-order valence-electron chi connectivity index (χ4n) is 3.72. The van der Waals surface area contributed by atoms with Gasteiger partial charge in [0.2, 0.25) is 5.91 Å². The van der Waals surface area contributed by atoms with Gasteiger partial charge in [-0.15, -0.1) is 0 Å². The minimum Gasteiger partial charge on any atom is -0.462 e. The SMILES string of the molecule is CC(=O)OCCOC(=O)[C@@H]1N2C(=O)[C@@H](NC(=O)OCc3ccccc3)[C@H]2S(=O)(=O)C1(C)C. The molecule has 0 radical (unpaired) electrons. The van der Waals surface area contributed by atoms with Crippen molar-refractivity contribution in [1.82, 2.24) is 10.2 Å². The van der Waals surface area contributed by atoms with Crippen LogP contribution in [0.2, 0.25) is 0 Å². The Labute approximate surface area is 184 Å². The lowest BCUT2D eigenvalue weighted by Crippen LogP contribution is -2.72. The Morgan fingerprint density at radius 3 is 2.31 bits per heavy atom. The van der Waals surface area contributed by atoms with Crippen LogP contribution in [0.25, 0.3) is 0 Å². The van der Waals surface area contributed by atoms with Gasteiger partial charge < -0.3 is 24.4 Å². The van der Waals surface area contributed by atoms with E-state index in [0.29, 0.717) is 0 Å². The van der Waals surface area contributed by atoms with Gasteiger partial charge in [-0.25, -0.2) is 18.0 Å². The third-order valence-corrected chi connectivity index (χ3v) is 8.24. The van der Waals surface area contributed by atoms with E-state index in [-0.39, 0.29) is 19.8 Å². The molecule has 2 heterocycles. The average molecular weight is 468 g/mol. The predicted molar refractivity (Wildman–Crippen MR) is 109 cm³/mol. The lowest BCUT2D eigenvalue weighted by atomic mass is 9.96. The van der Waals surface area contributed by atoms with Gasteiger partial charge in [-0.2, -0.15) is 0 Å². The van der Waals surface area contributed by atoms with E-state index in [1.54, 1.807) is 30.3 Å². The molecule has 174 valence electrons. The highest BCUT2D eigenvalue weighted by Crippen LogP contribution is 2.46. The van der Waals surface area contributed by atoms with Crippen LogP contribution in [0.1, 0.15) is 26.3 Å². The van der Waals surface area contributed by atoms with Crippen LogP contribution in [0.3, 0.4) is 0 Å². The summed E-state index contributed by atoms with van der Waals surface area (Å²) in [7, 11) is -4.05. The monoisotopic (exact) mass is 468 g/mol. The smallest absolute Gasteiger partial charge is 0.408 e. The summed E-state index contributed by atoms with van der Waals surface area (Å²) in [4.78, 5) is 49.1. The molecule has 2 aliphatic heterocycles. The van der Waals surface area contributed by atoms with E-state index in [2.05, 4.69) is 10.1 Å². The number of alkyl carbamates (subject to hydrolysis) is 1. The third kappa shape index (κ3) is 4.14. The van der Waals surface area contributed by atoms with Crippen molar-refractivity contribution in [3.63, 3.8) is 0 Å². The Morgan fingerprint density at radius 2 is 1.69 bits per heavy atom. The first kappa shape index (κ1) is 23.5. The van der Waals surface area contributed by atoms with Crippen LogP contribution in [0.4, 0.5) is 4.79 Å². The fourth-order valence-corrected chi connectivity index (χ4v) is 5.93. The molecule has 2 amide bonds. The maximum absolute atomic E-state index is 13.1. The maximum Gasteiger partial charge on any atom is 0.408 e. The van der Waals surface area contributed by atoms with Gasteiger partial charge in [0, 0.05) is 6.92 Å². The molecule has 1 aromatic carbocycles. The molecular weight excluding hydrogens is 444 g/mol.